The molecule has 1 aliphatic carbocycles. The Hall–Kier alpha value is -0.530. The molecule has 2 heteroatoms. The van der Waals surface area contributed by atoms with E-state index in [0.29, 0.717) is 5.92 Å². The van der Waals surface area contributed by atoms with Crippen molar-refractivity contribution >= 4 is 5.97 Å². The molecule has 0 aliphatic heterocycles. The maximum atomic E-state index is 10.7. The van der Waals surface area contributed by atoms with Crippen LogP contribution in [-0.4, -0.2) is 11.1 Å². The van der Waals surface area contributed by atoms with Gasteiger partial charge in [-0.2, -0.15) is 0 Å². The first-order valence-electron chi connectivity index (χ1n) is 4.34. The molecule has 3 atom stereocenters. The van der Waals surface area contributed by atoms with E-state index in [1.165, 1.54) is 0 Å². The summed E-state index contributed by atoms with van der Waals surface area (Å²) < 4.78 is 0. The minimum atomic E-state index is -0.607. The largest absolute Gasteiger partial charge is 0.481 e. The SMILES string of the molecule is CC1CCC(C(=O)O)C(C)C1. The van der Waals surface area contributed by atoms with Crippen molar-refractivity contribution in [2.75, 3.05) is 0 Å². The van der Waals surface area contributed by atoms with Crippen molar-refractivity contribution in [2.45, 2.75) is 33.1 Å². The van der Waals surface area contributed by atoms with Crippen LogP contribution >= 0.6 is 0 Å². The summed E-state index contributed by atoms with van der Waals surface area (Å²) in [4.78, 5) is 10.7. The Balaban J connectivity index is 2.50. The molecule has 1 fully saturated rings. The van der Waals surface area contributed by atoms with E-state index in [1.807, 2.05) is 0 Å². The maximum absolute atomic E-state index is 10.7. The van der Waals surface area contributed by atoms with Gasteiger partial charge in [-0.15, -0.1) is 0 Å². The van der Waals surface area contributed by atoms with Crippen LogP contribution in [0, 0.1) is 17.8 Å². The Morgan fingerprint density at radius 2 is 2.00 bits per heavy atom. The summed E-state index contributed by atoms with van der Waals surface area (Å²) in [5, 5.41) is 8.79. The second-order valence-corrected chi connectivity index (χ2v) is 3.84. The molecule has 0 heterocycles. The first kappa shape index (κ1) is 8.57. The highest BCUT2D eigenvalue weighted by atomic mass is 16.4. The highest BCUT2D eigenvalue weighted by molar-refractivity contribution is 5.70. The average molecular weight is 156 g/mol. The maximum Gasteiger partial charge on any atom is 0.306 e. The Morgan fingerprint density at radius 1 is 1.36 bits per heavy atom. The zero-order valence-electron chi connectivity index (χ0n) is 7.21. The second kappa shape index (κ2) is 3.24. The zero-order chi connectivity index (χ0) is 8.43. The second-order valence-electron chi connectivity index (χ2n) is 3.84. The van der Waals surface area contributed by atoms with E-state index in [9.17, 15) is 4.79 Å². The lowest BCUT2D eigenvalue weighted by atomic mass is 9.76. The monoisotopic (exact) mass is 156 g/mol. The van der Waals surface area contributed by atoms with Gasteiger partial charge in [0.25, 0.3) is 0 Å². The van der Waals surface area contributed by atoms with E-state index in [4.69, 9.17) is 5.11 Å². The third-order valence-electron chi connectivity index (χ3n) is 2.75. The van der Waals surface area contributed by atoms with Gasteiger partial charge in [0.1, 0.15) is 0 Å². The van der Waals surface area contributed by atoms with E-state index in [1.54, 1.807) is 0 Å². The van der Waals surface area contributed by atoms with Crippen molar-refractivity contribution < 1.29 is 9.90 Å². The van der Waals surface area contributed by atoms with E-state index in [-0.39, 0.29) is 5.92 Å². The zero-order valence-corrected chi connectivity index (χ0v) is 7.21. The van der Waals surface area contributed by atoms with Crippen molar-refractivity contribution in [3.05, 3.63) is 0 Å². The number of aliphatic carboxylic acids is 1. The van der Waals surface area contributed by atoms with Crippen LogP contribution in [0.4, 0.5) is 0 Å². The van der Waals surface area contributed by atoms with Crippen LogP contribution in [0.25, 0.3) is 0 Å². The highest BCUT2D eigenvalue weighted by Gasteiger charge is 2.30. The minimum absolute atomic E-state index is 0.0776. The van der Waals surface area contributed by atoms with Crippen molar-refractivity contribution in [3.63, 3.8) is 0 Å². The van der Waals surface area contributed by atoms with Crippen LogP contribution in [0.3, 0.4) is 0 Å². The number of hydrogen-bond donors (Lipinski definition) is 1. The van der Waals surface area contributed by atoms with E-state index in [2.05, 4.69) is 13.8 Å². The van der Waals surface area contributed by atoms with Crippen LogP contribution < -0.4 is 0 Å². The summed E-state index contributed by atoms with van der Waals surface area (Å²) in [7, 11) is 0. The fourth-order valence-electron chi connectivity index (χ4n) is 2.03. The Kier molecular flexibility index (Phi) is 2.53. The van der Waals surface area contributed by atoms with Gasteiger partial charge in [0.2, 0.25) is 0 Å². The lowest BCUT2D eigenvalue weighted by Crippen LogP contribution is -2.27. The van der Waals surface area contributed by atoms with Crippen molar-refractivity contribution in [2.24, 2.45) is 17.8 Å². The summed E-state index contributed by atoms with van der Waals surface area (Å²) >= 11 is 0. The lowest BCUT2D eigenvalue weighted by molar-refractivity contribution is -0.145. The minimum Gasteiger partial charge on any atom is -0.481 e. The molecule has 0 aromatic carbocycles. The first-order chi connectivity index (χ1) is 5.11. The number of carbonyl (C=O) groups is 1. The van der Waals surface area contributed by atoms with Crippen LogP contribution in [-0.2, 0) is 4.79 Å². The van der Waals surface area contributed by atoms with Crippen LogP contribution in [0.5, 0.6) is 0 Å². The van der Waals surface area contributed by atoms with E-state index in [0.717, 1.165) is 25.2 Å². The van der Waals surface area contributed by atoms with Gasteiger partial charge in [-0.05, 0) is 31.1 Å². The van der Waals surface area contributed by atoms with Gasteiger partial charge in [0.15, 0.2) is 0 Å². The Morgan fingerprint density at radius 3 is 2.45 bits per heavy atom. The van der Waals surface area contributed by atoms with Gasteiger partial charge < -0.3 is 5.11 Å². The summed E-state index contributed by atoms with van der Waals surface area (Å²) in [6.45, 7) is 4.25. The smallest absolute Gasteiger partial charge is 0.306 e. The number of carboxylic acid groups (broad SMARTS) is 1. The highest BCUT2D eigenvalue weighted by Crippen LogP contribution is 2.33. The van der Waals surface area contributed by atoms with Gasteiger partial charge in [0.05, 0.1) is 5.92 Å². The van der Waals surface area contributed by atoms with Crippen LogP contribution in [0.15, 0.2) is 0 Å². The third kappa shape index (κ3) is 1.95. The molecule has 0 bridgehead atoms. The van der Waals surface area contributed by atoms with Gasteiger partial charge in [-0.3, -0.25) is 4.79 Å². The lowest BCUT2D eigenvalue weighted by Gasteiger charge is -2.29. The topological polar surface area (TPSA) is 37.3 Å². The molecular weight excluding hydrogens is 140 g/mol. The molecule has 3 unspecified atom stereocenters. The van der Waals surface area contributed by atoms with Gasteiger partial charge in [-0.1, -0.05) is 13.8 Å². The standard InChI is InChI=1S/C9H16O2/c1-6-3-4-8(9(10)11)7(2)5-6/h6-8H,3-5H2,1-2H3,(H,10,11). The van der Waals surface area contributed by atoms with Crippen LogP contribution in [0.2, 0.25) is 0 Å². The van der Waals surface area contributed by atoms with Gasteiger partial charge in [0, 0.05) is 0 Å². The number of hydrogen-bond acceptors (Lipinski definition) is 1. The number of carboxylic acids is 1. The van der Waals surface area contributed by atoms with Gasteiger partial charge in [-0.25, -0.2) is 0 Å². The molecule has 0 spiro atoms. The predicted molar refractivity (Wildman–Crippen MR) is 43.3 cm³/mol. The first-order valence-corrected chi connectivity index (χ1v) is 4.34. The fourth-order valence-corrected chi connectivity index (χ4v) is 2.03. The quantitative estimate of drug-likeness (QED) is 0.631. The van der Waals surface area contributed by atoms with E-state index >= 15 is 0 Å². The number of rotatable bonds is 1. The molecule has 0 radical (unpaired) electrons. The van der Waals surface area contributed by atoms with Crippen molar-refractivity contribution in [3.8, 4) is 0 Å². The van der Waals surface area contributed by atoms with Gasteiger partial charge >= 0.3 is 5.97 Å². The fraction of sp³-hybridized carbons (Fsp3) is 0.889. The summed E-state index contributed by atoms with van der Waals surface area (Å²) in [6.07, 6.45) is 3.04. The molecule has 1 saturated carbocycles. The molecule has 0 aromatic rings. The Bertz CT molecular complexity index is 154. The third-order valence-corrected chi connectivity index (χ3v) is 2.75. The molecule has 0 amide bonds. The van der Waals surface area contributed by atoms with Crippen molar-refractivity contribution in [1.82, 2.24) is 0 Å². The van der Waals surface area contributed by atoms with Crippen molar-refractivity contribution in [1.29, 1.82) is 0 Å². The Labute approximate surface area is 67.6 Å². The summed E-state index contributed by atoms with van der Waals surface area (Å²) in [5.74, 6) is 0.410. The normalized spacial score (nSPS) is 38.5. The molecule has 2 nitrogen and oxygen atoms in total. The molecule has 11 heavy (non-hydrogen) atoms. The average Bonchev–Trinajstić information content (AvgIpc) is 1.85. The van der Waals surface area contributed by atoms with E-state index < -0.39 is 5.97 Å². The molecule has 1 rings (SSSR count). The molecule has 1 N–H and O–H groups in total. The molecular formula is C9H16O2. The van der Waals surface area contributed by atoms with Crippen LogP contribution in [0.1, 0.15) is 33.1 Å². The molecule has 0 saturated heterocycles. The predicted octanol–water partition coefficient (Wildman–Crippen LogP) is 2.14. The molecule has 1 aliphatic rings. The molecule has 0 aromatic heterocycles. The summed E-state index contributed by atoms with van der Waals surface area (Å²) in [6, 6.07) is 0. The summed E-state index contributed by atoms with van der Waals surface area (Å²) in [5.41, 5.74) is 0. The molecule has 64 valence electrons.